The molecule has 0 bridgehead atoms. The Hall–Kier alpha value is -2.18. The van der Waals surface area contributed by atoms with Crippen LogP contribution >= 0.6 is 11.3 Å². The average Bonchev–Trinajstić information content (AvgIpc) is 3.18. The van der Waals surface area contributed by atoms with Gasteiger partial charge in [0.2, 0.25) is 11.8 Å². The van der Waals surface area contributed by atoms with Crippen molar-refractivity contribution in [3.05, 3.63) is 57.3 Å². The number of rotatable bonds is 7. The molecule has 1 saturated carbocycles. The van der Waals surface area contributed by atoms with Crippen molar-refractivity contribution in [1.82, 2.24) is 9.80 Å². The van der Waals surface area contributed by atoms with Crippen molar-refractivity contribution in [2.75, 3.05) is 33.4 Å². The number of hydrogen-bond donors (Lipinski definition) is 0. The Kier molecular flexibility index (Phi) is 6.54. The van der Waals surface area contributed by atoms with Crippen molar-refractivity contribution in [2.45, 2.75) is 38.6 Å². The molecule has 2 amide bonds. The number of hydrogen-bond acceptors (Lipinski definition) is 4. The van der Waals surface area contributed by atoms with E-state index < -0.39 is 0 Å². The van der Waals surface area contributed by atoms with Gasteiger partial charge >= 0.3 is 0 Å². The standard InChI is InChI=1S/C24H30N2O3S/c1-17-6-3-4-9-19(17)23-20-11-15-30-21(20)10-12-26(23)22(27)16-25(13-14-29-2)24(28)18-7-5-8-18/h3-4,6,9,11,15,18,23H,5,7-8,10,12-14,16H2,1-2H3/t23-/m0/s1. The number of methoxy groups -OCH3 is 1. The Morgan fingerprint density at radius 2 is 2.00 bits per heavy atom. The first-order chi connectivity index (χ1) is 14.6. The zero-order valence-electron chi connectivity index (χ0n) is 17.8. The number of thiophene rings is 1. The highest BCUT2D eigenvalue weighted by molar-refractivity contribution is 7.10. The van der Waals surface area contributed by atoms with Crippen LogP contribution in [0, 0.1) is 12.8 Å². The molecule has 0 radical (unpaired) electrons. The van der Waals surface area contributed by atoms with Gasteiger partial charge in [0.1, 0.15) is 0 Å². The summed E-state index contributed by atoms with van der Waals surface area (Å²) in [4.78, 5) is 31.5. The Morgan fingerprint density at radius 1 is 1.20 bits per heavy atom. The zero-order chi connectivity index (χ0) is 21.1. The van der Waals surface area contributed by atoms with Crippen LogP contribution in [0.25, 0.3) is 0 Å². The van der Waals surface area contributed by atoms with Crippen LogP contribution in [0.2, 0.25) is 0 Å². The molecule has 0 saturated heterocycles. The van der Waals surface area contributed by atoms with E-state index in [1.54, 1.807) is 23.3 Å². The third-order valence-electron chi connectivity index (χ3n) is 6.43. The second-order valence-corrected chi connectivity index (χ2v) is 9.28. The second kappa shape index (κ2) is 9.31. The zero-order valence-corrected chi connectivity index (χ0v) is 18.6. The smallest absolute Gasteiger partial charge is 0.242 e. The summed E-state index contributed by atoms with van der Waals surface area (Å²) in [6.07, 6.45) is 3.84. The molecule has 1 aromatic carbocycles. The highest BCUT2D eigenvalue weighted by Crippen LogP contribution is 2.39. The highest BCUT2D eigenvalue weighted by Gasteiger charge is 2.36. The predicted molar refractivity (Wildman–Crippen MR) is 119 cm³/mol. The molecule has 2 heterocycles. The molecule has 30 heavy (non-hydrogen) atoms. The van der Waals surface area contributed by atoms with Crippen LogP contribution in [0.4, 0.5) is 0 Å². The van der Waals surface area contributed by atoms with Crippen molar-refractivity contribution < 1.29 is 14.3 Å². The lowest BCUT2D eigenvalue weighted by Gasteiger charge is -2.39. The van der Waals surface area contributed by atoms with Crippen molar-refractivity contribution in [2.24, 2.45) is 5.92 Å². The third-order valence-corrected chi connectivity index (χ3v) is 7.42. The fourth-order valence-corrected chi connectivity index (χ4v) is 5.35. The Bertz CT molecular complexity index is 905. The van der Waals surface area contributed by atoms with Crippen LogP contribution in [-0.4, -0.2) is 55.0 Å². The van der Waals surface area contributed by atoms with Crippen molar-refractivity contribution >= 4 is 23.2 Å². The molecule has 1 aromatic heterocycles. The van der Waals surface area contributed by atoms with Gasteiger partial charge < -0.3 is 14.5 Å². The summed E-state index contributed by atoms with van der Waals surface area (Å²) in [6, 6.07) is 10.4. The minimum Gasteiger partial charge on any atom is -0.383 e. The van der Waals surface area contributed by atoms with Crippen molar-refractivity contribution in [1.29, 1.82) is 0 Å². The first-order valence-electron chi connectivity index (χ1n) is 10.8. The Labute approximate surface area is 182 Å². The van der Waals surface area contributed by atoms with Gasteiger partial charge in [0, 0.05) is 31.0 Å². The molecule has 160 valence electrons. The number of carbonyl (C=O) groups excluding carboxylic acids is 2. The van der Waals surface area contributed by atoms with Gasteiger partial charge in [0.15, 0.2) is 0 Å². The van der Waals surface area contributed by atoms with E-state index in [1.165, 1.54) is 21.6 Å². The normalized spacial score (nSPS) is 18.6. The molecule has 1 aliphatic carbocycles. The third kappa shape index (κ3) is 4.16. The minimum atomic E-state index is -0.0863. The molecule has 1 atom stereocenters. The molecule has 6 heteroatoms. The largest absolute Gasteiger partial charge is 0.383 e. The maximum atomic E-state index is 13.5. The van der Waals surface area contributed by atoms with Crippen LogP contribution in [-0.2, 0) is 20.7 Å². The summed E-state index contributed by atoms with van der Waals surface area (Å²) in [6.45, 7) is 3.82. The maximum Gasteiger partial charge on any atom is 0.242 e. The van der Waals surface area contributed by atoms with Gasteiger partial charge in [0.05, 0.1) is 19.2 Å². The van der Waals surface area contributed by atoms with Crippen LogP contribution in [0.15, 0.2) is 35.7 Å². The summed E-state index contributed by atoms with van der Waals surface area (Å²) < 4.78 is 5.21. The van der Waals surface area contributed by atoms with Gasteiger partial charge in [-0.1, -0.05) is 30.7 Å². The monoisotopic (exact) mass is 426 g/mol. The van der Waals surface area contributed by atoms with E-state index in [9.17, 15) is 9.59 Å². The van der Waals surface area contributed by atoms with E-state index in [2.05, 4.69) is 30.5 Å². The highest BCUT2D eigenvalue weighted by atomic mass is 32.1. The molecular formula is C24H30N2O3S. The molecule has 0 N–H and O–H groups in total. The lowest BCUT2D eigenvalue weighted by atomic mass is 9.84. The lowest BCUT2D eigenvalue weighted by Crippen LogP contribution is -2.49. The van der Waals surface area contributed by atoms with Crippen molar-refractivity contribution in [3.8, 4) is 0 Å². The first-order valence-corrected chi connectivity index (χ1v) is 11.7. The average molecular weight is 427 g/mol. The number of fused-ring (bicyclic) bond motifs is 1. The van der Waals surface area contributed by atoms with Crippen molar-refractivity contribution in [3.63, 3.8) is 0 Å². The van der Waals surface area contributed by atoms with Crippen LogP contribution in [0.1, 0.15) is 46.9 Å². The molecular weight excluding hydrogens is 396 g/mol. The summed E-state index contributed by atoms with van der Waals surface area (Å²) in [5, 5.41) is 2.12. The second-order valence-electron chi connectivity index (χ2n) is 8.28. The number of carbonyl (C=O) groups is 2. The Morgan fingerprint density at radius 3 is 2.70 bits per heavy atom. The fraction of sp³-hybridized carbons (Fsp3) is 0.500. The lowest BCUT2D eigenvalue weighted by molar-refractivity contribution is -0.146. The van der Waals surface area contributed by atoms with Gasteiger partial charge in [0.25, 0.3) is 0 Å². The van der Waals surface area contributed by atoms with Crippen LogP contribution in [0.3, 0.4) is 0 Å². The first kappa shape index (κ1) is 21.1. The molecule has 2 aliphatic rings. The van der Waals surface area contributed by atoms with Gasteiger partial charge in [-0.25, -0.2) is 0 Å². The van der Waals surface area contributed by atoms with Crippen LogP contribution in [0.5, 0.6) is 0 Å². The SMILES string of the molecule is COCCN(CC(=O)N1CCc2sccc2[C@@H]1c1ccccc1C)C(=O)C1CCC1. The van der Waals surface area contributed by atoms with E-state index in [0.717, 1.165) is 25.7 Å². The van der Waals surface area contributed by atoms with E-state index in [1.807, 2.05) is 17.0 Å². The summed E-state index contributed by atoms with van der Waals surface area (Å²) in [5.41, 5.74) is 3.57. The number of benzene rings is 1. The number of nitrogens with zero attached hydrogens (tertiary/aromatic N) is 2. The van der Waals surface area contributed by atoms with E-state index in [4.69, 9.17) is 4.74 Å². The predicted octanol–water partition coefficient (Wildman–Crippen LogP) is 3.81. The molecule has 5 nitrogen and oxygen atoms in total. The topological polar surface area (TPSA) is 49.9 Å². The fourth-order valence-electron chi connectivity index (χ4n) is 4.45. The van der Waals surface area contributed by atoms with Crippen LogP contribution < -0.4 is 0 Å². The van der Waals surface area contributed by atoms with E-state index >= 15 is 0 Å². The number of amides is 2. The molecule has 0 spiro atoms. The number of ether oxygens (including phenoxy) is 1. The Balaban J connectivity index is 1.59. The molecule has 0 unspecified atom stereocenters. The van der Waals surface area contributed by atoms with Gasteiger partial charge in [-0.2, -0.15) is 0 Å². The summed E-state index contributed by atoms with van der Waals surface area (Å²) in [7, 11) is 1.63. The quantitative estimate of drug-likeness (QED) is 0.677. The van der Waals surface area contributed by atoms with Gasteiger partial charge in [-0.3, -0.25) is 9.59 Å². The minimum absolute atomic E-state index is 0.0175. The molecule has 2 aromatic rings. The van der Waals surface area contributed by atoms with Gasteiger partial charge in [-0.05, 0) is 54.3 Å². The maximum absolute atomic E-state index is 13.5. The summed E-state index contributed by atoms with van der Waals surface area (Å²) in [5.74, 6) is 0.197. The molecule has 1 aliphatic heterocycles. The van der Waals surface area contributed by atoms with E-state index in [0.29, 0.717) is 19.7 Å². The van der Waals surface area contributed by atoms with E-state index in [-0.39, 0.29) is 30.3 Å². The molecule has 1 fully saturated rings. The summed E-state index contributed by atoms with van der Waals surface area (Å²) >= 11 is 1.77. The van der Waals surface area contributed by atoms with Gasteiger partial charge in [-0.15, -0.1) is 11.3 Å². The molecule has 4 rings (SSSR count). The number of aryl methyl sites for hydroxylation is 1.